The average Bonchev–Trinajstić information content (AvgIpc) is 3.13. The zero-order valence-electron chi connectivity index (χ0n) is 10.3. The summed E-state index contributed by atoms with van der Waals surface area (Å²) >= 11 is 0. The maximum atomic E-state index is 5.78. The highest BCUT2D eigenvalue weighted by molar-refractivity contribution is 5.46. The van der Waals surface area contributed by atoms with E-state index in [0.717, 1.165) is 23.8 Å². The van der Waals surface area contributed by atoms with Crippen LogP contribution in [0.2, 0.25) is 0 Å². The van der Waals surface area contributed by atoms with E-state index >= 15 is 0 Å². The molecule has 3 nitrogen and oxygen atoms in total. The van der Waals surface area contributed by atoms with Gasteiger partial charge < -0.3 is 10.6 Å². The molecule has 0 bridgehead atoms. The third kappa shape index (κ3) is 3.21. The van der Waals surface area contributed by atoms with Crippen molar-refractivity contribution in [2.75, 3.05) is 18.0 Å². The monoisotopic (exact) mass is 229 g/mol. The van der Waals surface area contributed by atoms with Crippen LogP contribution in [0.25, 0.3) is 0 Å². The number of nitrogens with two attached hydrogens (primary N) is 1. The normalized spacial score (nSPS) is 16.3. The van der Waals surface area contributed by atoms with Crippen molar-refractivity contribution in [3.8, 4) is 12.3 Å². The quantitative estimate of drug-likeness (QED) is 0.785. The summed E-state index contributed by atoms with van der Waals surface area (Å²) in [6.07, 6.45) is 9.93. The molecular weight excluding hydrogens is 210 g/mol. The fourth-order valence-electron chi connectivity index (χ4n) is 1.84. The Hall–Kier alpha value is -1.53. The first kappa shape index (κ1) is 11.9. The minimum Gasteiger partial charge on any atom is -0.359 e. The van der Waals surface area contributed by atoms with Gasteiger partial charge in [-0.25, -0.2) is 0 Å². The van der Waals surface area contributed by atoms with E-state index in [0.29, 0.717) is 6.54 Å². The van der Waals surface area contributed by atoms with Gasteiger partial charge in [0.1, 0.15) is 0 Å². The van der Waals surface area contributed by atoms with Crippen LogP contribution >= 0.6 is 0 Å². The number of nitrogens with zero attached hydrogens (tertiary/aromatic N) is 2. The third-order valence-corrected chi connectivity index (χ3v) is 3.06. The van der Waals surface area contributed by atoms with Crippen LogP contribution in [0.3, 0.4) is 0 Å². The molecule has 2 N–H and O–H groups in total. The molecule has 2 rings (SSSR count). The Morgan fingerprint density at radius 1 is 1.59 bits per heavy atom. The fourth-order valence-corrected chi connectivity index (χ4v) is 1.84. The van der Waals surface area contributed by atoms with Crippen molar-refractivity contribution in [3.05, 3.63) is 24.0 Å². The van der Waals surface area contributed by atoms with Gasteiger partial charge in [0.15, 0.2) is 0 Å². The summed E-state index contributed by atoms with van der Waals surface area (Å²) in [6, 6.07) is 4.02. The molecule has 90 valence electrons. The Kier molecular flexibility index (Phi) is 3.65. The maximum Gasteiger partial charge on any atom is 0.0792 e. The predicted octanol–water partition coefficient (Wildman–Crippen LogP) is 1.95. The fraction of sp³-hybridized carbons (Fsp3) is 0.500. The van der Waals surface area contributed by atoms with E-state index < -0.39 is 0 Å². The van der Waals surface area contributed by atoms with Crippen molar-refractivity contribution in [1.82, 2.24) is 4.98 Å². The molecule has 0 amide bonds. The van der Waals surface area contributed by atoms with Crippen LogP contribution in [0, 0.1) is 18.3 Å². The zero-order chi connectivity index (χ0) is 12.3. The van der Waals surface area contributed by atoms with E-state index in [9.17, 15) is 0 Å². The SMILES string of the molecule is C#CCN(CC1CC1)c1ccc(C(C)N)nc1. The molecule has 0 radical (unpaired) electrons. The molecule has 1 aromatic heterocycles. The van der Waals surface area contributed by atoms with Gasteiger partial charge in [0, 0.05) is 12.6 Å². The summed E-state index contributed by atoms with van der Waals surface area (Å²) < 4.78 is 0. The number of hydrogen-bond acceptors (Lipinski definition) is 3. The molecule has 1 aliphatic rings. The van der Waals surface area contributed by atoms with Gasteiger partial charge in [0.2, 0.25) is 0 Å². The molecule has 0 spiro atoms. The van der Waals surface area contributed by atoms with Crippen LogP contribution in [0.4, 0.5) is 5.69 Å². The number of anilines is 1. The third-order valence-electron chi connectivity index (χ3n) is 3.06. The van der Waals surface area contributed by atoms with Gasteiger partial charge in [-0.2, -0.15) is 0 Å². The molecule has 1 aromatic rings. The zero-order valence-corrected chi connectivity index (χ0v) is 10.3. The predicted molar refractivity (Wildman–Crippen MR) is 70.6 cm³/mol. The van der Waals surface area contributed by atoms with Gasteiger partial charge in [-0.1, -0.05) is 5.92 Å². The minimum absolute atomic E-state index is 0.0198. The topological polar surface area (TPSA) is 42.1 Å². The first-order valence-electron chi connectivity index (χ1n) is 6.10. The number of aromatic nitrogens is 1. The maximum absolute atomic E-state index is 5.78. The van der Waals surface area contributed by atoms with Crippen LogP contribution in [0.15, 0.2) is 18.3 Å². The highest BCUT2D eigenvalue weighted by Gasteiger charge is 2.24. The van der Waals surface area contributed by atoms with Gasteiger partial charge in [-0.05, 0) is 37.8 Å². The van der Waals surface area contributed by atoms with E-state index in [-0.39, 0.29) is 6.04 Å². The lowest BCUT2D eigenvalue weighted by atomic mass is 10.2. The lowest BCUT2D eigenvalue weighted by molar-refractivity contribution is 0.754. The molecule has 0 saturated heterocycles. The Morgan fingerprint density at radius 3 is 2.82 bits per heavy atom. The number of hydrogen-bond donors (Lipinski definition) is 1. The van der Waals surface area contributed by atoms with E-state index in [4.69, 9.17) is 12.2 Å². The standard InChI is InChI=1S/C14H19N3/c1-3-8-17(10-12-4-5-12)13-6-7-14(11(2)15)16-9-13/h1,6-7,9,11-12H,4-5,8,10,15H2,2H3. The lowest BCUT2D eigenvalue weighted by Crippen LogP contribution is -2.26. The number of rotatable bonds is 5. The smallest absolute Gasteiger partial charge is 0.0792 e. The van der Waals surface area contributed by atoms with E-state index in [2.05, 4.69) is 21.9 Å². The van der Waals surface area contributed by atoms with Crippen LogP contribution in [0.5, 0.6) is 0 Å². The molecule has 17 heavy (non-hydrogen) atoms. The molecular formula is C14H19N3. The molecule has 3 heteroatoms. The molecule has 1 atom stereocenters. The molecule has 1 aliphatic carbocycles. The molecule has 0 aliphatic heterocycles. The van der Waals surface area contributed by atoms with Crippen molar-refractivity contribution in [1.29, 1.82) is 0 Å². The van der Waals surface area contributed by atoms with E-state index in [1.54, 1.807) is 0 Å². The first-order valence-corrected chi connectivity index (χ1v) is 6.10. The van der Waals surface area contributed by atoms with E-state index in [1.165, 1.54) is 12.8 Å². The summed E-state index contributed by atoms with van der Waals surface area (Å²) in [5.74, 6) is 3.53. The highest BCUT2D eigenvalue weighted by atomic mass is 15.1. The summed E-state index contributed by atoms with van der Waals surface area (Å²) in [7, 11) is 0. The van der Waals surface area contributed by atoms with Gasteiger partial charge in [0.05, 0.1) is 24.1 Å². The summed E-state index contributed by atoms with van der Waals surface area (Å²) in [6.45, 7) is 3.63. The van der Waals surface area contributed by atoms with Crippen molar-refractivity contribution in [2.45, 2.75) is 25.8 Å². The molecule has 0 aromatic carbocycles. The number of terminal acetylenes is 1. The highest BCUT2D eigenvalue weighted by Crippen LogP contribution is 2.31. The van der Waals surface area contributed by atoms with Gasteiger partial charge >= 0.3 is 0 Å². The van der Waals surface area contributed by atoms with Crippen LogP contribution < -0.4 is 10.6 Å². The lowest BCUT2D eigenvalue weighted by Gasteiger charge is -2.22. The van der Waals surface area contributed by atoms with Crippen molar-refractivity contribution >= 4 is 5.69 Å². The van der Waals surface area contributed by atoms with Crippen LogP contribution in [-0.4, -0.2) is 18.1 Å². The van der Waals surface area contributed by atoms with Crippen molar-refractivity contribution in [2.24, 2.45) is 11.7 Å². The summed E-state index contributed by atoms with van der Waals surface area (Å²) in [4.78, 5) is 6.59. The Morgan fingerprint density at radius 2 is 2.35 bits per heavy atom. The minimum atomic E-state index is -0.0198. The second-order valence-corrected chi connectivity index (χ2v) is 4.76. The Labute approximate surface area is 103 Å². The van der Waals surface area contributed by atoms with Gasteiger partial charge in [-0.3, -0.25) is 4.98 Å². The summed E-state index contributed by atoms with van der Waals surface area (Å²) in [5.41, 5.74) is 7.79. The second-order valence-electron chi connectivity index (χ2n) is 4.76. The second kappa shape index (κ2) is 5.20. The molecule has 1 heterocycles. The van der Waals surface area contributed by atoms with Crippen LogP contribution in [0.1, 0.15) is 31.5 Å². The van der Waals surface area contributed by atoms with Gasteiger partial charge in [0.25, 0.3) is 0 Å². The van der Waals surface area contributed by atoms with Crippen LogP contribution in [-0.2, 0) is 0 Å². The first-order chi connectivity index (χ1) is 8.20. The molecule has 1 fully saturated rings. The van der Waals surface area contributed by atoms with E-state index in [1.807, 2.05) is 19.2 Å². The summed E-state index contributed by atoms with van der Waals surface area (Å²) in [5, 5.41) is 0. The largest absolute Gasteiger partial charge is 0.359 e. The van der Waals surface area contributed by atoms with Crippen molar-refractivity contribution < 1.29 is 0 Å². The molecule has 1 unspecified atom stereocenters. The average molecular weight is 229 g/mol. The molecule has 1 saturated carbocycles. The Bertz CT molecular complexity index is 398. The van der Waals surface area contributed by atoms with Gasteiger partial charge in [-0.15, -0.1) is 6.42 Å². The Balaban J connectivity index is 2.08. The number of pyridine rings is 1. The van der Waals surface area contributed by atoms with Crippen molar-refractivity contribution in [3.63, 3.8) is 0 Å².